The molecule has 0 aliphatic carbocycles. The van der Waals surface area contributed by atoms with Crippen molar-refractivity contribution in [2.45, 2.75) is 0 Å². The molecule has 0 aliphatic heterocycles. The fourth-order valence-electron chi connectivity index (χ4n) is 2.01. The average Bonchev–Trinajstić information content (AvgIpc) is 2.53. The summed E-state index contributed by atoms with van der Waals surface area (Å²) in [6, 6.07) is 14.4. The first kappa shape index (κ1) is 13.8. The van der Waals surface area contributed by atoms with Gasteiger partial charge in [0.2, 0.25) is 0 Å². The Hall–Kier alpha value is -2.62. The molecular weight excluding hydrogens is 256 g/mol. The van der Waals surface area contributed by atoms with E-state index in [2.05, 4.69) is 0 Å². The Balaban J connectivity index is 2.69. The van der Waals surface area contributed by atoms with Gasteiger partial charge in [-0.2, -0.15) is 0 Å². The van der Waals surface area contributed by atoms with Crippen LogP contribution in [0.5, 0.6) is 0 Å². The first-order valence-corrected chi connectivity index (χ1v) is 6.04. The molecule has 20 heavy (non-hydrogen) atoms. The molecule has 0 bridgehead atoms. The van der Waals surface area contributed by atoms with Gasteiger partial charge in [-0.1, -0.05) is 42.5 Å². The number of ether oxygens (including phenoxy) is 2. The second-order valence-corrected chi connectivity index (χ2v) is 4.08. The van der Waals surface area contributed by atoms with Gasteiger partial charge in [-0.25, -0.2) is 9.59 Å². The quantitative estimate of drug-likeness (QED) is 0.805. The highest BCUT2D eigenvalue weighted by Gasteiger charge is 2.22. The molecular formula is C16H14O4. The van der Waals surface area contributed by atoms with Crippen LogP contribution in [0.2, 0.25) is 0 Å². The summed E-state index contributed by atoms with van der Waals surface area (Å²) in [7, 11) is 2.56. The normalized spacial score (nSPS) is 9.90. The molecule has 0 radical (unpaired) electrons. The standard InChI is InChI=1S/C16H14O4/c1-19-15(17)13-10-6-9-12(14(13)16(18)20-2)11-7-4-3-5-8-11/h3-10H,1-2H3. The van der Waals surface area contributed by atoms with Gasteiger partial charge in [0.25, 0.3) is 0 Å². The van der Waals surface area contributed by atoms with Crippen molar-refractivity contribution >= 4 is 11.9 Å². The predicted molar refractivity (Wildman–Crippen MR) is 74.6 cm³/mol. The number of carbonyl (C=O) groups is 2. The molecule has 0 aliphatic rings. The monoisotopic (exact) mass is 270 g/mol. The Morgan fingerprint density at radius 1 is 0.800 bits per heavy atom. The number of hydrogen-bond acceptors (Lipinski definition) is 4. The van der Waals surface area contributed by atoms with E-state index in [9.17, 15) is 9.59 Å². The van der Waals surface area contributed by atoms with Crippen LogP contribution in [0.1, 0.15) is 20.7 Å². The van der Waals surface area contributed by atoms with Crippen molar-refractivity contribution in [3.8, 4) is 11.1 Å². The van der Waals surface area contributed by atoms with Gasteiger partial charge in [0.1, 0.15) is 0 Å². The number of carbonyl (C=O) groups excluding carboxylic acids is 2. The molecule has 0 N–H and O–H groups in total. The highest BCUT2D eigenvalue weighted by Crippen LogP contribution is 2.27. The zero-order valence-corrected chi connectivity index (χ0v) is 11.3. The Morgan fingerprint density at radius 2 is 1.45 bits per heavy atom. The molecule has 2 rings (SSSR count). The number of methoxy groups -OCH3 is 2. The summed E-state index contributed by atoms with van der Waals surface area (Å²) in [6.45, 7) is 0. The topological polar surface area (TPSA) is 52.6 Å². The molecule has 0 atom stereocenters. The molecule has 0 heterocycles. The van der Waals surface area contributed by atoms with Crippen molar-refractivity contribution in [2.24, 2.45) is 0 Å². The van der Waals surface area contributed by atoms with Crippen molar-refractivity contribution in [3.63, 3.8) is 0 Å². The van der Waals surface area contributed by atoms with E-state index in [1.807, 2.05) is 30.3 Å². The van der Waals surface area contributed by atoms with E-state index in [4.69, 9.17) is 9.47 Å². The molecule has 0 unspecified atom stereocenters. The SMILES string of the molecule is COC(=O)c1cccc(-c2ccccc2)c1C(=O)OC. The third kappa shape index (κ3) is 2.54. The molecule has 0 aromatic heterocycles. The Labute approximate surface area is 116 Å². The fourth-order valence-corrected chi connectivity index (χ4v) is 2.01. The smallest absolute Gasteiger partial charge is 0.339 e. The summed E-state index contributed by atoms with van der Waals surface area (Å²) in [5.41, 5.74) is 1.88. The maximum atomic E-state index is 12.0. The molecule has 4 nitrogen and oxygen atoms in total. The van der Waals surface area contributed by atoms with Crippen molar-refractivity contribution in [1.82, 2.24) is 0 Å². The lowest BCUT2D eigenvalue weighted by Gasteiger charge is -2.12. The number of hydrogen-bond donors (Lipinski definition) is 0. The second-order valence-electron chi connectivity index (χ2n) is 4.08. The second kappa shape index (κ2) is 6.02. The molecule has 0 saturated heterocycles. The number of benzene rings is 2. The van der Waals surface area contributed by atoms with Crippen LogP contribution < -0.4 is 0 Å². The highest BCUT2D eigenvalue weighted by atomic mass is 16.5. The minimum absolute atomic E-state index is 0.195. The Bertz CT molecular complexity index is 632. The minimum Gasteiger partial charge on any atom is -0.465 e. The van der Waals surface area contributed by atoms with Gasteiger partial charge in [0, 0.05) is 0 Å². The summed E-state index contributed by atoms with van der Waals surface area (Å²) < 4.78 is 9.50. The van der Waals surface area contributed by atoms with Crippen LogP contribution in [0.25, 0.3) is 11.1 Å². The van der Waals surface area contributed by atoms with Crippen molar-refractivity contribution < 1.29 is 19.1 Å². The average molecular weight is 270 g/mol. The lowest BCUT2D eigenvalue weighted by Crippen LogP contribution is -2.13. The van der Waals surface area contributed by atoms with E-state index in [1.165, 1.54) is 14.2 Å². The predicted octanol–water partition coefficient (Wildman–Crippen LogP) is 2.93. The Morgan fingerprint density at radius 3 is 2.05 bits per heavy atom. The van der Waals surface area contributed by atoms with E-state index >= 15 is 0 Å². The summed E-state index contributed by atoms with van der Waals surface area (Å²) in [6.07, 6.45) is 0. The maximum Gasteiger partial charge on any atom is 0.339 e. The van der Waals surface area contributed by atoms with Crippen molar-refractivity contribution in [1.29, 1.82) is 0 Å². The number of esters is 2. The third-order valence-electron chi connectivity index (χ3n) is 2.94. The van der Waals surface area contributed by atoms with E-state index < -0.39 is 11.9 Å². The van der Waals surface area contributed by atoms with Crippen LogP contribution in [0.15, 0.2) is 48.5 Å². The van der Waals surface area contributed by atoms with E-state index in [0.717, 1.165) is 5.56 Å². The molecule has 0 spiro atoms. The molecule has 4 heteroatoms. The molecule has 102 valence electrons. The lowest BCUT2D eigenvalue weighted by molar-refractivity contribution is 0.0556. The third-order valence-corrected chi connectivity index (χ3v) is 2.94. The summed E-state index contributed by atoms with van der Waals surface area (Å²) in [5, 5.41) is 0. The highest BCUT2D eigenvalue weighted by molar-refractivity contribution is 6.07. The molecule has 0 amide bonds. The van der Waals surface area contributed by atoms with Crippen molar-refractivity contribution in [3.05, 3.63) is 59.7 Å². The first-order valence-electron chi connectivity index (χ1n) is 6.04. The van der Waals surface area contributed by atoms with Gasteiger partial charge in [0.15, 0.2) is 0 Å². The Kier molecular flexibility index (Phi) is 4.15. The van der Waals surface area contributed by atoms with Crippen LogP contribution in [0.4, 0.5) is 0 Å². The first-order chi connectivity index (χ1) is 9.69. The summed E-state index contributed by atoms with van der Waals surface area (Å²) in [5.74, 6) is -1.13. The van der Waals surface area contributed by atoms with E-state index in [1.54, 1.807) is 18.2 Å². The van der Waals surface area contributed by atoms with Gasteiger partial charge in [-0.15, -0.1) is 0 Å². The van der Waals surface area contributed by atoms with Gasteiger partial charge in [0.05, 0.1) is 25.3 Å². The fraction of sp³-hybridized carbons (Fsp3) is 0.125. The molecule has 2 aromatic carbocycles. The van der Waals surface area contributed by atoms with E-state index in [0.29, 0.717) is 5.56 Å². The van der Waals surface area contributed by atoms with Gasteiger partial charge in [-0.3, -0.25) is 0 Å². The van der Waals surface area contributed by atoms with Crippen LogP contribution in [0, 0.1) is 0 Å². The van der Waals surface area contributed by atoms with Gasteiger partial charge < -0.3 is 9.47 Å². The minimum atomic E-state index is -0.566. The largest absolute Gasteiger partial charge is 0.465 e. The summed E-state index contributed by atoms with van der Waals surface area (Å²) in [4.78, 5) is 23.8. The van der Waals surface area contributed by atoms with Crippen LogP contribution in [-0.2, 0) is 9.47 Å². The molecule has 0 fully saturated rings. The zero-order valence-electron chi connectivity index (χ0n) is 11.3. The van der Waals surface area contributed by atoms with Crippen LogP contribution in [0.3, 0.4) is 0 Å². The van der Waals surface area contributed by atoms with Crippen molar-refractivity contribution in [2.75, 3.05) is 14.2 Å². The van der Waals surface area contributed by atoms with Gasteiger partial charge >= 0.3 is 11.9 Å². The zero-order chi connectivity index (χ0) is 14.5. The number of rotatable bonds is 3. The maximum absolute atomic E-state index is 12.0. The van der Waals surface area contributed by atoms with Crippen LogP contribution in [-0.4, -0.2) is 26.2 Å². The van der Waals surface area contributed by atoms with E-state index in [-0.39, 0.29) is 11.1 Å². The molecule has 0 saturated carbocycles. The van der Waals surface area contributed by atoms with Crippen LogP contribution >= 0.6 is 0 Å². The van der Waals surface area contributed by atoms with Gasteiger partial charge in [-0.05, 0) is 17.2 Å². The molecule has 2 aromatic rings. The summed E-state index contributed by atoms with van der Waals surface area (Å²) >= 11 is 0. The lowest BCUT2D eigenvalue weighted by atomic mass is 9.95.